The molecule has 18 heavy (non-hydrogen) atoms. The van der Waals surface area contributed by atoms with Gasteiger partial charge >= 0.3 is 56.6 Å². The Bertz CT molecular complexity index is 254. The summed E-state index contributed by atoms with van der Waals surface area (Å²) in [6.07, 6.45) is 3.71. The van der Waals surface area contributed by atoms with E-state index in [0.717, 1.165) is 13.1 Å². The van der Waals surface area contributed by atoms with E-state index < -0.39 is 0 Å². The molecular formula is C14H20Li3N. The third kappa shape index (κ3) is 12.0. The maximum Gasteiger partial charge on any atom is 1.00 e. The number of rotatable bonds is 7. The van der Waals surface area contributed by atoms with Gasteiger partial charge in [0.2, 0.25) is 0 Å². The summed E-state index contributed by atoms with van der Waals surface area (Å²) in [7, 11) is 0. The van der Waals surface area contributed by atoms with Crippen LogP contribution in [0.25, 0.3) is 5.32 Å². The first-order valence-electron chi connectivity index (χ1n) is 5.75. The molecule has 0 fully saturated rings. The van der Waals surface area contributed by atoms with Crippen LogP contribution in [-0.2, 0) is 6.54 Å². The average Bonchev–Trinajstić information content (AvgIpc) is 2.28. The van der Waals surface area contributed by atoms with Crippen molar-refractivity contribution >= 4 is 0 Å². The summed E-state index contributed by atoms with van der Waals surface area (Å²) in [5.41, 5.74) is 1.17. The second-order valence-electron chi connectivity index (χ2n) is 3.96. The monoisotopic (exact) mass is 223 g/mol. The Morgan fingerprint density at radius 3 is 2.56 bits per heavy atom. The fourth-order valence-corrected chi connectivity index (χ4v) is 1.48. The molecule has 1 nitrogen and oxygen atoms in total. The van der Waals surface area contributed by atoms with Crippen molar-refractivity contribution < 1.29 is 56.6 Å². The van der Waals surface area contributed by atoms with Crippen LogP contribution in [0, 0.1) is 18.9 Å². The molecule has 0 N–H and O–H groups in total. The van der Waals surface area contributed by atoms with Crippen LogP contribution < -0.4 is 56.6 Å². The molecule has 0 bridgehead atoms. The van der Waals surface area contributed by atoms with Gasteiger partial charge in [-0.2, -0.15) is 48.4 Å². The molecule has 0 aliphatic carbocycles. The first-order chi connectivity index (χ1) is 7.33. The van der Waals surface area contributed by atoms with Crippen molar-refractivity contribution in [3.8, 4) is 0 Å². The minimum Gasteiger partial charge on any atom is -0.662 e. The van der Waals surface area contributed by atoms with Gasteiger partial charge in [0.25, 0.3) is 0 Å². The molecule has 0 saturated heterocycles. The van der Waals surface area contributed by atoms with E-state index in [1.54, 1.807) is 0 Å². The van der Waals surface area contributed by atoms with E-state index in [4.69, 9.17) is 0 Å². The van der Waals surface area contributed by atoms with E-state index in [-0.39, 0.29) is 56.6 Å². The molecule has 0 amide bonds. The van der Waals surface area contributed by atoms with Crippen LogP contribution in [0.1, 0.15) is 31.7 Å². The molecule has 0 aromatic heterocycles. The maximum absolute atomic E-state index is 4.50. The number of benzene rings is 1. The number of unbranched alkanes of at least 4 members (excludes halogenated alkanes) is 1. The Labute approximate surface area is 149 Å². The van der Waals surface area contributed by atoms with Crippen LogP contribution in [0.3, 0.4) is 0 Å². The third-order valence-corrected chi connectivity index (χ3v) is 2.41. The summed E-state index contributed by atoms with van der Waals surface area (Å²) in [6.45, 7) is 7.97. The summed E-state index contributed by atoms with van der Waals surface area (Å²) in [5, 5.41) is 4.50. The Morgan fingerprint density at radius 2 is 2.00 bits per heavy atom. The smallest absolute Gasteiger partial charge is 0.662 e. The Kier molecular flexibility index (Phi) is 21.4. The second-order valence-corrected chi connectivity index (χ2v) is 3.96. The van der Waals surface area contributed by atoms with Crippen LogP contribution >= 0.6 is 0 Å². The second kappa shape index (κ2) is 16.0. The van der Waals surface area contributed by atoms with Crippen molar-refractivity contribution in [1.29, 1.82) is 0 Å². The predicted octanol–water partition coefficient (Wildman–Crippen LogP) is -4.99. The van der Waals surface area contributed by atoms with Gasteiger partial charge in [-0.1, -0.05) is 26.2 Å². The van der Waals surface area contributed by atoms with Crippen LogP contribution in [0.5, 0.6) is 0 Å². The first kappa shape index (κ1) is 24.0. The summed E-state index contributed by atoms with van der Waals surface area (Å²) in [6, 6.07) is 11.2. The minimum atomic E-state index is 0. The van der Waals surface area contributed by atoms with Gasteiger partial charge in [-0.05, 0) is 0 Å². The molecule has 1 rings (SSSR count). The molecule has 84 valence electrons. The number of hydrogen-bond donors (Lipinski definition) is 0. The summed E-state index contributed by atoms with van der Waals surface area (Å²) in [5.74, 6) is 0.480. The fourth-order valence-electron chi connectivity index (χ4n) is 1.48. The largest absolute Gasteiger partial charge is 1.00 e. The quantitative estimate of drug-likeness (QED) is 0.325. The number of hydrogen-bond acceptors (Lipinski definition) is 0. The maximum atomic E-state index is 4.50. The Hall–Kier alpha value is 0.972. The van der Waals surface area contributed by atoms with Crippen molar-refractivity contribution in [2.45, 2.75) is 32.7 Å². The zero-order valence-corrected chi connectivity index (χ0v) is 12.6. The van der Waals surface area contributed by atoms with Gasteiger partial charge in [0, 0.05) is 0 Å². The van der Waals surface area contributed by atoms with Crippen LogP contribution in [0.15, 0.2) is 24.3 Å². The van der Waals surface area contributed by atoms with E-state index in [1.807, 2.05) is 18.2 Å². The predicted molar refractivity (Wildman–Crippen MR) is 65.6 cm³/mol. The third-order valence-electron chi connectivity index (χ3n) is 2.41. The van der Waals surface area contributed by atoms with Crippen molar-refractivity contribution in [1.82, 2.24) is 0 Å². The minimum absolute atomic E-state index is 0. The molecule has 1 aromatic rings. The van der Waals surface area contributed by atoms with E-state index >= 15 is 0 Å². The Morgan fingerprint density at radius 1 is 1.28 bits per heavy atom. The summed E-state index contributed by atoms with van der Waals surface area (Å²) in [4.78, 5) is 0. The molecule has 1 aromatic carbocycles. The van der Waals surface area contributed by atoms with E-state index in [0.29, 0.717) is 5.92 Å². The summed E-state index contributed by atoms with van der Waals surface area (Å²) >= 11 is 0. The van der Waals surface area contributed by atoms with Gasteiger partial charge in [-0.25, -0.2) is 0 Å². The molecule has 0 saturated carbocycles. The standard InChI is InChI=1S/C14H20N.3Li/c1-3-4-8-13(2)11-15-12-14-9-6-5-7-10-14;;;/h5-7,9,13H,2-4,8,11-12H2,1H3;;;/q-3;3*+1. The van der Waals surface area contributed by atoms with E-state index in [2.05, 4.69) is 31.3 Å². The van der Waals surface area contributed by atoms with Gasteiger partial charge in [-0.15, -0.1) is 6.54 Å². The van der Waals surface area contributed by atoms with E-state index in [9.17, 15) is 0 Å². The van der Waals surface area contributed by atoms with E-state index in [1.165, 1.54) is 24.8 Å². The van der Waals surface area contributed by atoms with Crippen molar-refractivity contribution in [2.75, 3.05) is 6.54 Å². The van der Waals surface area contributed by atoms with Gasteiger partial charge < -0.3 is 12.2 Å². The van der Waals surface area contributed by atoms with Crippen LogP contribution in [-0.4, -0.2) is 6.54 Å². The normalized spacial score (nSPS) is 10.6. The molecule has 4 heteroatoms. The molecule has 0 spiro atoms. The van der Waals surface area contributed by atoms with Gasteiger partial charge in [0.15, 0.2) is 0 Å². The van der Waals surface area contributed by atoms with Gasteiger partial charge in [-0.3, -0.25) is 0 Å². The van der Waals surface area contributed by atoms with Gasteiger partial charge in [0.1, 0.15) is 0 Å². The summed E-state index contributed by atoms with van der Waals surface area (Å²) < 4.78 is 0. The first-order valence-corrected chi connectivity index (χ1v) is 5.75. The van der Waals surface area contributed by atoms with Crippen LogP contribution in [0.4, 0.5) is 0 Å². The SMILES string of the molecule is [CH2-]C(CCCC)C[N-]Cc1[c-]cccc1.[Li+].[Li+].[Li+]. The molecule has 0 aliphatic rings. The zero-order valence-electron chi connectivity index (χ0n) is 12.6. The fraction of sp³-hybridized carbons (Fsp3) is 0.500. The molecule has 0 heterocycles. The Balaban J connectivity index is -0.000000750. The average molecular weight is 223 g/mol. The molecule has 1 unspecified atom stereocenters. The molecule has 0 radical (unpaired) electrons. The van der Waals surface area contributed by atoms with Crippen LogP contribution in [0.2, 0.25) is 0 Å². The van der Waals surface area contributed by atoms with Crippen molar-refractivity contribution in [3.05, 3.63) is 48.1 Å². The number of nitrogens with zero attached hydrogens (tertiary/aromatic N) is 1. The van der Waals surface area contributed by atoms with Crippen molar-refractivity contribution in [2.24, 2.45) is 5.92 Å². The van der Waals surface area contributed by atoms with Gasteiger partial charge in [0.05, 0.1) is 0 Å². The molecule has 1 atom stereocenters. The molecule has 0 aliphatic heterocycles. The zero-order chi connectivity index (χ0) is 10.9. The molecular weight excluding hydrogens is 203 g/mol. The topological polar surface area (TPSA) is 14.1 Å². The van der Waals surface area contributed by atoms with Crippen molar-refractivity contribution in [3.63, 3.8) is 0 Å².